The molecule has 8 nitrogen and oxygen atoms in total. The van der Waals surface area contributed by atoms with Crippen LogP contribution in [0.3, 0.4) is 0 Å². The molecule has 2 N–H and O–H groups in total. The molecule has 4 rings (SSSR count). The van der Waals surface area contributed by atoms with Crippen molar-refractivity contribution in [2.45, 2.75) is 12.5 Å². The van der Waals surface area contributed by atoms with Gasteiger partial charge in [0, 0.05) is 24.7 Å². The first-order valence-corrected chi connectivity index (χ1v) is 10.3. The molecule has 1 aliphatic heterocycles. The number of likely N-dealkylation sites (tertiary alicyclic amines) is 1. The lowest BCUT2D eigenvalue weighted by atomic mass is 10.1. The van der Waals surface area contributed by atoms with Crippen molar-refractivity contribution in [1.82, 2.24) is 19.7 Å². The molecular formula is C23H22ClN5O3. The average Bonchev–Trinajstić information content (AvgIpc) is 3.45. The van der Waals surface area contributed by atoms with Gasteiger partial charge in [-0.2, -0.15) is 5.10 Å². The van der Waals surface area contributed by atoms with E-state index in [0.717, 1.165) is 6.42 Å². The maximum Gasteiger partial charge on any atom is 0.246 e. The van der Waals surface area contributed by atoms with Crippen LogP contribution < -0.4 is 15.2 Å². The summed E-state index contributed by atoms with van der Waals surface area (Å²) in [6, 6.07) is 5.32. The van der Waals surface area contributed by atoms with Crippen molar-refractivity contribution in [1.29, 1.82) is 0 Å². The number of benzene rings is 1. The molecule has 0 radical (unpaired) electrons. The van der Waals surface area contributed by atoms with E-state index in [4.69, 9.17) is 31.9 Å². The molecule has 0 bridgehead atoms. The summed E-state index contributed by atoms with van der Waals surface area (Å²) in [6.45, 7) is 4.68. The monoisotopic (exact) mass is 451 g/mol. The smallest absolute Gasteiger partial charge is 0.246 e. The van der Waals surface area contributed by atoms with Gasteiger partial charge in [0.2, 0.25) is 5.91 Å². The highest BCUT2D eigenvalue weighted by Gasteiger charge is 2.29. The molecular weight excluding hydrogens is 430 g/mol. The Balaban J connectivity index is 1.80. The topological polar surface area (TPSA) is 95.5 Å². The third kappa shape index (κ3) is 3.95. The number of aromatic nitrogens is 3. The molecule has 32 heavy (non-hydrogen) atoms. The summed E-state index contributed by atoms with van der Waals surface area (Å²) >= 11 is 6.49. The van der Waals surface area contributed by atoms with Gasteiger partial charge in [-0.1, -0.05) is 24.1 Å². The SMILES string of the molecule is C=CC(=O)N1CC[C@H](n2nc(C#Cc3cc(OC)cc(OC)c3)c3c(N)ncc(Cl)c32)C1. The van der Waals surface area contributed by atoms with Gasteiger partial charge in [0.1, 0.15) is 23.0 Å². The molecule has 164 valence electrons. The normalized spacial score (nSPS) is 15.3. The molecule has 3 heterocycles. The number of hydrogen-bond acceptors (Lipinski definition) is 6. The van der Waals surface area contributed by atoms with Gasteiger partial charge in [0.25, 0.3) is 0 Å². The second-order valence-electron chi connectivity index (χ2n) is 7.29. The predicted octanol–water partition coefficient (Wildman–Crippen LogP) is 3.04. The molecule has 1 amide bonds. The second kappa shape index (κ2) is 8.81. The van der Waals surface area contributed by atoms with Crippen molar-refractivity contribution in [3.05, 3.63) is 53.3 Å². The molecule has 0 saturated carbocycles. The van der Waals surface area contributed by atoms with Crippen molar-refractivity contribution in [3.63, 3.8) is 0 Å². The number of pyridine rings is 1. The number of fused-ring (bicyclic) bond motifs is 1. The predicted molar refractivity (Wildman–Crippen MR) is 123 cm³/mol. The standard InChI is InChI=1S/C23H22ClN5O3/c1-4-20(30)28-8-7-15(13-28)29-22-18(24)12-26-23(25)21(22)19(27-29)6-5-14-9-16(31-2)11-17(10-14)32-3/h4,9-12,15H,1,7-8,13H2,2-3H3,(H2,25,26)/t15-/m0/s1. The Hall–Kier alpha value is -3.70. The van der Waals surface area contributed by atoms with E-state index < -0.39 is 0 Å². The van der Waals surface area contributed by atoms with Crippen molar-refractivity contribution >= 4 is 34.2 Å². The number of methoxy groups -OCH3 is 2. The molecule has 0 aliphatic carbocycles. The van der Waals surface area contributed by atoms with E-state index in [2.05, 4.69) is 23.4 Å². The molecule has 0 spiro atoms. The van der Waals surface area contributed by atoms with Crippen LogP contribution in [-0.2, 0) is 4.79 Å². The van der Waals surface area contributed by atoms with Gasteiger partial charge in [0.15, 0.2) is 0 Å². The number of hydrogen-bond donors (Lipinski definition) is 1. The highest BCUT2D eigenvalue weighted by atomic mass is 35.5. The maximum atomic E-state index is 12.0. The van der Waals surface area contributed by atoms with Crippen LogP contribution in [0.5, 0.6) is 11.5 Å². The van der Waals surface area contributed by atoms with Crippen LogP contribution in [0.4, 0.5) is 5.82 Å². The third-order valence-electron chi connectivity index (χ3n) is 5.38. The number of carbonyl (C=O) groups is 1. The Kier molecular flexibility index (Phi) is 5.93. The van der Waals surface area contributed by atoms with Crippen LogP contribution in [-0.4, -0.2) is 52.9 Å². The minimum Gasteiger partial charge on any atom is -0.497 e. The summed E-state index contributed by atoms with van der Waals surface area (Å²) < 4.78 is 12.4. The number of nitrogens with two attached hydrogens (primary N) is 1. The Morgan fingerprint density at radius 1 is 1.28 bits per heavy atom. The van der Waals surface area contributed by atoms with Crippen LogP contribution in [0.1, 0.15) is 23.7 Å². The zero-order valence-corrected chi connectivity index (χ0v) is 18.5. The molecule has 9 heteroatoms. The molecule has 2 aromatic heterocycles. The Bertz CT molecular complexity index is 1250. The van der Waals surface area contributed by atoms with Gasteiger partial charge in [-0.25, -0.2) is 4.98 Å². The number of nitrogens with zero attached hydrogens (tertiary/aromatic N) is 4. The lowest BCUT2D eigenvalue weighted by Gasteiger charge is -2.15. The van der Waals surface area contributed by atoms with Crippen molar-refractivity contribution in [2.24, 2.45) is 0 Å². The second-order valence-corrected chi connectivity index (χ2v) is 7.70. The maximum absolute atomic E-state index is 12.0. The van der Waals surface area contributed by atoms with Crippen LogP contribution in [0, 0.1) is 11.8 Å². The lowest BCUT2D eigenvalue weighted by molar-refractivity contribution is -0.125. The van der Waals surface area contributed by atoms with E-state index in [0.29, 0.717) is 57.6 Å². The average molecular weight is 452 g/mol. The molecule has 1 aromatic carbocycles. The number of anilines is 1. The fraction of sp³-hybridized carbons (Fsp3) is 0.261. The molecule has 3 aromatic rings. The van der Waals surface area contributed by atoms with Gasteiger partial charge in [-0.15, -0.1) is 0 Å². The fourth-order valence-electron chi connectivity index (χ4n) is 3.79. The van der Waals surface area contributed by atoms with E-state index in [1.807, 2.05) is 4.68 Å². The molecule has 1 atom stereocenters. The summed E-state index contributed by atoms with van der Waals surface area (Å²) in [5, 5.41) is 5.74. The van der Waals surface area contributed by atoms with Crippen LogP contribution >= 0.6 is 11.6 Å². The first-order chi connectivity index (χ1) is 15.4. The largest absolute Gasteiger partial charge is 0.497 e. The molecule has 1 saturated heterocycles. The van der Waals surface area contributed by atoms with Gasteiger partial charge in [0.05, 0.1) is 42.4 Å². The summed E-state index contributed by atoms with van der Waals surface area (Å²) in [5.41, 5.74) is 8.00. The lowest BCUT2D eigenvalue weighted by Crippen LogP contribution is -2.27. The number of ether oxygens (including phenoxy) is 2. The number of rotatable bonds is 4. The van der Waals surface area contributed by atoms with E-state index >= 15 is 0 Å². The number of amides is 1. The Morgan fingerprint density at radius 3 is 2.66 bits per heavy atom. The van der Waals surface area contributed by atoms with Gasteiger partial charge >= 0.3 is 0 Å². The van der Waals surface area contributed by atoms with Gasteiger partial charge < -0.3 is 20.1 Å². The van der Waals surface area contributed by atoms with E-state index in [1.54, 1.807) is 37.3 Å². The van der Waals surface area contributed by atoms with Crippen molar-refractivity contribution < 1.29 is 14.3 Å². The van der Waals surface area contributed by atoms with Gasteiger partial charge in [-0.05, 0) is 30.6 Å². The summed E-state index contributed by atoms with van der Waals surface area (Å²) in [4.78, 5) is 17.9. The summed E-state index contributed by atoms with van der Waals surface area (Å²) in [6.07, 6.45) is 3.55. The van der Waals surface area contributed by atoms with E-state index in [9.17, 15) is 4.79 Å². The zero-order valence-electron chi connectivity index (χ0n) is 17.8. The van der Waals surface area contributed by atoms with Crippen LogP contribution in [0.25, 0.3) is 10.9 Å². The molecule has 0 unspecified atom stereocenters. The van der Waals surface area contributed by atoms with E-state index in [-0.39, 0.29) is 11.9 Å². The summed E-state index contributed by atoms with van der Waals surface area (Å²) in [7, 11) is 3.16. The van der Waals surface area contributed by atoms with Crippen LogP contribution in [0.2, 0.25) is 5.02 Å². The first-order valence-electron chi connectivity index (χ1n) is 9.93. The number of carbonyl (C=O) groups excluding carboxylic acids is 1. The fourth-order valence-corrected chi connectivity index (χ4v) is 4.02. The number of nitrogen functional groups attached to an aromatic ring is 1. The van der Waals surface area contributed by atoms with Crippen molar-refractivity contribution in [3.8, 4) is 23.3 Å². The molecule has 1 aliphatic rings. The Morgan fingerprint density at radius 2 is 2.00 bits per heavy atom. The highest BCUT2D eigenvalue weighted by molar-refractivity contribution is 6.35. The first kappa shape index (κ1) is 21.5. The quantitative estimate of drug-likeness (QED) is 0.484. The summed E-state index contributed by atoms with van der Waals surface area (Å²) in [5.74, 6) is 7.64. The Labute approximate surface area is 190 Å². The van der Waals surface area contributed by atoms with Crippen LogP contribution in [0.15, 0.2) is 37.1 Å². The minimum atomic E-state index is -0.108. The third-order valence-corrected chi connectivity index (χ3v) is 5.66. The van der Waals surface area contributed by atoms with Crippen molar-refractivity contribution in [2.75, 3.05) is 33.0 Å². The van der Waals surface area contributed by atoms with Gasteiger partial charge in [-0.3, -0.25) is 9.48 Å². The highest BCUT2D eigenvalue weighted by Crippen LogP contribution is 2.34. The molecule has 1 fully saturated rings. The van der Waals surface area contributed by atoms with E-state index in [1.165, 1.54) is 12.3 Å². The number of halogens is 1. The zero-order chi connectivity index (χ0) is 22.8. The minimum absolute atomic E-state index is 0.0619.